The highest BCUT2D eigenvalue weighted by Gasteiger charge is 2.57. The van der Waals surface area contributed by atoms with Crippen LogP contribution < -0.4 is 0 Å². The van der Waals surface area contributed by atoms with Gasteiger partial charge in [-0.15, -0.1) is 0 Å². The van der Waals surface area contributed by atoms with Gasteiger partial charge in [0.25, 0.3) is 0 Å². The molecule has 3 aliphatic carbocycles. The number of benzene rings is 1. The third-order valence-electron chi connectivity index (χ3n) is 11.7. The third kappa shape index (κ3) is 5.63. The number of ether oxygens (including phenoxy) is 1. The van der Waals surface area contributed by atoms with E-state index < -0.39 is 8.32 Å². The Morgan fingerprint density at radius 1 is 0.977 bits per heavy atom. The molecule has 2 heterocycles. The molecule has 6 rings (SSSR count). The molecule has 3 nitrogen and oxygen atoms in total. The highest BCUT2D eigenvalue weighted by Crippen LogP contribution is 2.62. The molecular weight excluding hydrogens is 657 g/mol. The van der Waals surface area contributed by atoms with Crippen molar-refractivity contribution in [3.05, 3.63) is 63.5 Å². The van der Waals surface area contributed by atoms with Crippen molar-refractivity contribution in [2.75, 3.05) is 0 Å². The number of fused-ring (bicyclic) bond motifs is 4. The van der Waals surface area contributed by atoms with Crippen LogP contribution in [0.5, 0.6) is 0 Å². The van der Waals surface area contributed by atoms with Crippen molar-refractivity contribution in [1.82, 2.24) is 4.98 Å². The number of nitrogens with zero attached hydrogens (tertiary/aromatic N) is 1. The summed E-state index contributed by atoms with van der Waals surface area (Å²) in [6.07, 6.45) is 10.7. The predicted molar refractivity (Wildman–Crippen MR) is 190 cm³/mol. The van der Waals surface area contributed by atoms with Crippen molar-refractivity contribution >= 4 is 30.9 Å². The van der Waals surface area contributed by atoms with Gasteiger partial charge in [0.15, 0.2) is 8.32 Å². The molecule has 0 saturated heterocycles. The number of pyridine rings is 1. The lowest BCUT2D eigenvalue weighted by molar-refractivity contribution is -0.0515. The zero-order valence-corrected chi connectivity index (χ0v) is 31.8. The van der Waals surface area contributed by atoms with Gasteiger partial charge in [0.2, 0.25) is 0 Å². The average Bonchev–Trinajstić information content (AvgIpc) is 3.62. The molecule has 2 saturated carbocycles. The summed E-state index contributed by atoms with van der Waals surface area (Å²) in [4.78, 5) is 5.78. The highest BCUT2D eigenvalue weighted by atomic mass is 127. The molecule has 5 heteroatoms. The van der Waals surface area contributed by atoms with Crippen molar-refractivity contribution in [1.29, 1.82) is 0 Å². The molecule has 0 bridgehead atoms. The Bertz CT molecular complexity index is 1380. The standard InChI is InChI=1S/C38H56INO2Si/c1-35(2,3)26-18-13-17-25(21-26)34-31-32(38(41-34)20-14-19-29(38)39)30-27(40-33(31)24-15-11-12-16-24)22-37(7,8)23-28(30)42-43(9,10)36(4,5)6/h13,17-18,21,24,28-29,34H,11-12,14-16,19-20,22-23H2,1-10H3/t28?,29?,34-,38?/m1/s1. The number of hydrogen-bond donors (Lipinski definition) is 0. The summed E-state index contributed by atoms with van der Waals surface area (Å²) in [5.41, 5.74) is 9.73. The number of aromatic nitrogens is 1. The van der Waals surface area contributed by atoms with Crippen molar-refractivity contribution < 1.29 is 9.16 Å². The van der Waals surface area contributed by atoms with Gasteiger partial charge in [-0.25, -0.2) is 0 Å². The maximum absolute atomic E-state index is 7.62. The van der Waals surface area contributed by atoms with Crippen molar-refractivity contribution in [3.8, 4) is 0 Å². The maximum Gasteiger partial charge on any atom is 0.192 e. The fourth-order valence-corrected chi connectivity index (χ4v) is 10.7. The molecular formula is C38H56INO2Si. The minimum absolute atomic E-state index is 0.0653. The normalized spacial score (nSPS) is 29.3. The van der Waals surface area contributed by atoms with Crippen molar-refractivity contribution in [2.24, 2.45) is 5.41 Å². The van der Waals surface area contributed by atoms with E-state index in [2.05, 4.69) is 115 Å². The molecule has 0 radical (unpaired) electrons. The summed E-state index contributed by atoms with van der Waals surface area (Å²) in [7, 11) is -2.04. The number of hydrogen-bond acceptors (Lipinski definition) is 3. The lowest BCUT2D eigenvalue weighted by Gasteiger charge is -2.46. The molecule has 43 heavy (non-hydrogen) atoms. The summed E-state index contributed by atoms with van der Waals surface area (Å²) in [5.74, 6) is 0.532. The van der Waals surface area contributed by atoms with Gasteiger partial charge in [-0.3, -0.25) is 4.98 Å². The van der Waals surface area contributed by atoms with E-state index in [9.17, 15) is 0 Å². The highest BCUT2D eigenvalue weighted by molar-refractivity contribution is 14.1. The van der Waals surface area contributed by atoms with E-state index in [1.54, 1.807) is 0 Å². The summed E-state index contributed by atoms with van der Waals surface area (Å²) in [5, 5.41) is 0.151. The minimum Gasteiger partial charge on any atom is -0.410 e. The molecule has 0 amide bonds. The van der Waals surface area contributed by atoms with Crippen LogP contribution in [0, 0.1) is 5.41 Å². The Morgan fingerprint density at radius 2 is 1.67 bits per heavy atom. The minimum atomic E-state index is -2.04. The SMILES string of the molecule is CC1(C)Cc2nc(C3CCCC3)c3c(c2C(O[Si](C)(C)C(C)(C)C)C1)C1(CCCC1I)O[C@@H]3c1cccc(C(C)(C)C)c1. The first kappa shape index (κ1) is 32.2. The average molecular weight is 714 g/mol. The second-order valence-electron chi connectivity index (χ2n) is 17.7. The van der Waals surface area contributed by atoms with Crippen LogP contribution in [0.1, 0.15) is 164 Å². The zero-order valence-electron chi connectivity index (χ0n) is 28.6. The number of rotatable bonds is 4. The molecule has 1 spiro atoms. The Balaban J connectivity index is 1.64. The van der Waals surface area contributed by atoms with Crippen LogP contribution in [-0.2, 0) is 26.6 Å². The second-order valence-corrected chi connectivity index (χ2v) is 23.9. The van der Waals surface area contributed by atoms with E-state index in [0.29, 0.717) is 9.84 Å². The fourth-order valence-electron chi connectivity index (χ4n) is 8.24. The first-order valence-corrected chi connectivity index (χ1v) is 21.3. The van der Waals surface area contributed by atoms with Crippen LogP contribution >= 0.6 is 22.6 Å². The molecule has 2 fully saturated rings. The first-order valence-electron chi connectivity index (χ1n) is 17.1. The molecule has 3 unspecified atom stereocenters. The zero-order chi connectivity index (χ0) is 31.2. The molecule has 4 aliphatic rings. The summed E-state index contributed by atoms with van der Waals surface area (Å²) < 4.78 is 15.5. The molecule has 1 aromatic heterocycles. The van der Waals surface area contributed by atoms with Gasteiger partial charge in [0.05, 0.1) is 11.8 Å². The molecule has 0 N–H and O–H groups in total. The van der Waals surface area contributed by atoms with Crippen molar-refractivity contribution in [2.45, 2.75) is 164 Å². The lowest BCUT2D eigenvalue weighted by Crippen LogP contribution is -2.44. The fraction of sp³-hybridized carbons (Fsp3) is 0.711. The van der Waals surface area contributed by atoms with Crippen LogP contribution in [0.2, 0.25) is 18.1 Å². The molecule has 236 valence electrons. The number of halogens is 1. The second kappa shape index (κ2) is 10.9. The predicted octanol–water partition coefficient (Wildman–Crippen LogP) is 11.4. The maximum atomic E-state index is 7.62. The van der Waals surface area contributed by atoms with Crippen LogP contribution in [0.4, 0.5) is 0 Å². The van der Waals surface area contributed by atoms with E-state index in [1.165, 1.54) is 77.7 Å². The van der Waals surface area contributed by atoms with Crippen molar-refractivity contribution in [3.63, 3.8) is 0 Å². The van der Waals surface area contributed by atoms with Gasteiger partial charge >= 0.3 is 0 Å². The van der Waals surface area contributed by atoms with Gasteiger partial charge in [-0.1, -0.05) is 115 Å². The van der Waals surface area contributed by atoms with Crippen LogP contribution in [0.15, 0.2) is 24.3 Å². The van der Waals surface area contributed by atoms with E-state index in [-0.39, 0.29) is 33.7 Å². The van der Waals surface area contributed by atoms with Crippen LogP contribution in [0.3, 0.4) is 0 Å². The van der Waals surface area contributed by atoms with Crippen LogP contribution in [0.25, 0.3) is 0 Å². The molecule has 1 aromatic carbocycles. The monoisotopic (exact) mass is 713 g/mol. The summed E-state index contributed by atoms with van der Waals surface area (Å²) >= 11 is 2.74. The Labute approximate surface area is 277 Å². The molecule has 4 atom stereocenters. The third-order valence-corrected chi connectivity index (χ3v) is 17.8. The van der Waals surface area contributed by atoms with Gasteiger partial charge in [-0.2, -0.15) is 0 Å². The smallest absolute Gasteiger partial charge is 0.192 e. The number of alkyl halides is 1. The van der Waals surface area contributed by atoms with Gasteiger partial charge in [-0.05, 0) is 85.0 Å². The quantitative estimate of drug-likeness (QED) is 0.180. The lowest BCUT2D eigenvalue weighted by atomic mass is 9.70. The summed E-state index contributed by atoms with van der Waals surface area (Å²) in [6.45, 7) is 23.8. The van der Waals surface area contributed by atoms with E-state index in [1.807, 2.05) is 0 Å². The molecule has 1 aliphatic heterocycles. The largest absolute Gasteiger partial charge is 0.410 e. The Morgan fingerprint density at radius 3 is 2.28 bits per heavy atom. The summed E-state index contributed by atoms with van der Waals surface area (Å²) in [6, 6.07) is 9.31. The van der Waals surface area contributed by atoms with E-state index >= 15 is 0 Å². The first-order chi connectivity index (χ1) is 19.9. The Hall–Kier alpha value is -0.763. The van der Waals surface area contributed by atoms with Crippen LogP contribution in [-0.4, -0.2) is 17.2 Å². The van der Waals surface area contributed by atoms with Gasteiger partial charge in [0.1, 0.15) is 11.7 Å². The van der Waals surface area contributed by atoms with Gasteiger partial charge in [0, 0.05) is 32.2 Å². The topological polar surface area (TPSA) is 31.4 Å². The van der Waals surface area contributed by atoms with Gasteiger partial charge < -0.3 is 9.16 Å². The van der Waals surface area contributed by atoms with E-state index in [0.717, 1.165) is 19.3 Å². The molecule has 2 aromatic rings. The Kier molecular flexibility index (Phi) is 8.16. The van der Waals surface area contributed by atoms with E-state index in [4.69, 9.17) is 14.1 Å².